The highest BCUT2D eigenvalue weighted by Gasteiger charge is 2.30. The number of carbonyl (C=O) groups is 1. The zero-order valence-electron chi connectivity index (χ0n) is 13.6. The summed E-state index contributed by atoms with van der Waals surface area (Å²) in [6.07, 6.45) is 2.67. The van der Waals surface area contributed by atoms with Gasteiger partial charge in [-0.3, -0.25) is 4.90 Å². The third-order valence-corrected chi connectivity index (χ3v) is 4.65. The van der Waals surface area contributed by atoms with Crippen LogP contribution in [0.25, 0.3) is 5.65 Å². The second-order valence-corrected chi connectivity index (χ2v) is 6.21. The quantitative estimate of drug-likeness (QED) is 0.863. The largest absolute Gasteiger partial charge is 0.467 e. The van der Waals surface area contributed by atoms with Gasteiger partial charge in [0.25, 0.3) is 0 Å². The van der Waals surface area contributed by atoms with Crippen LogP contribution < -0.4 is 0 Å². The fraction of sp³-hybridized carbons (Fsp3) is 0.529. The van der Waals surface area contributed by atoms with E-state index in [0.717, 1.165) is 43.8 Å². The van der Waals surface area contributed by atoms with E-state index in [-0.39, 0.29) is 5.92 Å². The molecule has 0 aromatic carbocycles. The third-order valence-electron chi connectivity index (χ3n) is 4.65. The smallest absolute Gasteiger partial charge is 0.334 e. The lowest BCUT2D eigenvalue weighted by molar-refractivity contribution is -0.154. The number of methoxy groups -OCH3 is 1. The number of carbonyl (C=O) groups excluding carboxylic acids is 1. The summed E-state index contributed by atoms with van der Waals surface area (Å²) in [4.78, 5) is 18.4. The van der Waals surface area contributed by atoms with Gasteiger partial charge < -0.3 is 14.2 Å². The molecule has 2 aromatic heterocycles. The van der Waals surface area contributed by atoms with Crippen molar-refractivity contribution >= 4 is 11.6 Å². The van der Waals surface area contributed by atoms with E-state index in [1.807, 2.05) is 12.1 Å². The molecule has 0 saturated carbocycles. The summed E-state index contributed by atoms with van der Waals surface area (Å²) in [5.74, 6) is -0.540. The molecule has 1 aliphatic heterocycles. The van der Waals surface area contributed by atoms with Gasteiger partial charge in [-0.1, -0.05) is 6.07 Å². The van der Waals surface area contributed by atoms with Crippen LogP contribution in [-0.2, 0) is 16.1 Å². The maximum absolute atomic E-state index is 11.4. The third kappa shape index (κ3) is 3.38. The predicted molar refractivity (Wildman–Crippen MR) is 86.0 cm³/mol. The molecule has 3 rings (SSSR count). The first-order valence-corrected chi connectivity index (χ1v) is 8.00. The van der Waals surface area contributed by atoms with Crippen LogP contribution in [0, 0.1) is 12.8 Å². The fourth-order valence-electron chi connectivity index (χ4n) is 3.24. The number of nitrogens with zero attached hydrogens (tertiary/aromatic N) is 3. The molecule has 124 valence electrons. The molecular formula is C17H23N3O3. The number of imidazole rings is 1. The van der Waals surface area contributed by atoms with Crippen molar-refractivity contribution in [2.45, 2.75) is 32.4 Å². The van der Waals surface area contributed by atoms with Gasteiger partial charge in [0, 0.05) is 18.4 Å². The highest BCUT2D eigenvalue weighted by molar-refractivity contribution is 5.74. The summed E-state index contributed by atoms with van der Waals surface area (Å²) in [6, 6.07) is 6.09. The second kappa shape index (κ2) is 6.68. The van der Waals surface area contributed by atoms with Crippen molar-refractivity contribution in [1.82, 2.24) is 14.3 Å². The number of aliphatic hydroxyl groups is 1. The molecule has 6 nitrogen and oxygen atoms in total. The average molecular weight is 317 g/mol. The standard InChI is InChI=1S/C17H23N3O3/c1-12-4-3-5-15-18-14(11-20(12)15)10-19-8-6-13(7-9-19)16(21)17(22)23-2/h3-5,11,13,16,21H,6-10H2,1-2H3. The summed E-state index contributed by atoms with van der Waals surface area (Å²) in [6.45, 7) is 4.57. The van der Waals surface area contributed by atoms with Crippen molar-refractivity contribution in [3.8, 4) is 0 Å². The number of ether oxygens (including phenoxy) is 1. The minimum atomic E-state index is -1.00. The van der Waals surface area contributed by atoms with Crippen molar-refractivity contribution in [2.24, 2.45) is 5.92 Å². The summed E-state index contributed by atoms with van der Waals surface area (Å²) in [5.41, 5.74) is 3.18. The minimum absolute atomic E-state index is 0.0120. The van der Waals surface area contributed by atoms with Crippen LogP contribution in [0.5, 0.6) is 0 Å². The number of aryl methyl sites for hydroxylation is 1. The SMILES string of the molecule is COC(=O)C(O)C1CCN(Cc2cn3c(C)cccc3n2)CC1. The zero-order valence-corrected chi connectivity index (χ0v) is 13.6. The highest BCUT2D eigenvalue weighted by Crippen LogP contribution is 2.23. The molecule has 2 aromatic rings. The number of likely N-dealkylation sites (tertiary alicyclic amines) is 1. The predicted octanol–water partition coefficient (Wildman–Crippen LogP) is 1.39. The van der Waals surface area contributed by atoms with Gasteiger partial charge >= 0.3 is 5.97 Å². The number of fused-ring (bicyclic) bond motifs is 1. The maximum Gasteiger partial charge on any atom is 0.334 e. The number of hydrogen-bond donors (Lipinski definition) is 1. The molecule has 0 bridgehead atoms. The molecule has 0 radical (unpaired) electrons. The molecule has 1 atom stereocenters. The first kappa shape index (κ1) is 16.0. The normalized spacial score (nSPS) is 18.2. The van der Waals surface area contributed by atoms with Gasteiger partial charge in [-0.25, -0.2) is 9.78 Å². The number of aliphatic hydroxyl groups excluding tert-OH is 1. The van der Waals surface area contributed by atoms with E-state index in [4.69, 9.17) is 0 Å². The molecule has 23 heavy (non-hydrogen) atoms. The van der Waals surface area contributed by atoms with Gasteiger partial charge in [-0.2, -0.15) is 0 Å². The Morgan fingerprint density at radius 2 is 2.17 bits per heavy atom. The van der Waals surface area contributed by atoms with Gasteiger partial charge in [0.2, 0.25) is 0 Å². The Bertz CT molecular complexity index is 689. The Hall–Kier alpha value is -1.92. The van der Waals surface area contributed by atoms with Crippen LogP contribution in [0.3, 0.4) is 0 Å². The number of aromatic nitrogens is 2. The Balaban J connectivity index is 1.60. The van der Waals surface area contributed by atoms with Gasteiger partial charge in [-0.05, 0) is 50.9 Å². The zero-order chi connectivity index (χ0) is 16.4. The van der Waals surface area contributed by atoms with E-state index in [1.54, 1.807) is 0 Å². The molecule has 3 heterocycles. The summed E-state index contributed by atoms with van der Waals surface area (Å²) >= 11 is 0. The number of rotatable bonds is 4. The molecule has 1 unspecified atom stereocenters. The Morgan fingerprint density at radius 3 is 2.83 bits per heavy atom. The molecule has 1 fully saturated rings. The van der Waals surface area contributed by atoms with Crippen molar-refractivity contribution < 1.29 is 14.6 Å². The second-order valence-electron chi connectivity index (χ2n) is 6.21. The van der Waals surface area contributed by atoms with Gasteiger partial charge in [-0.15, -0.1) is 0 Å². The molecular weight excluding hydrogens is 294 g/mol. The first-order valence-electron chi connectivity index (χ1n) is 8.00. The summed E-state index contributed by atoms with van der Waals surface area (Å²) < 4.78 is 6.72. The Labute approximate surface area is 135 Å². The molecule has 1 saturated heterocycles. The van der Waals surface area contributed by atoms with Crippen molar-refractivity contribution in [3.05, 3.63) is 35.8 Å². The van der Waals surface area contributed by atoms with E-state index in [0.29, 0.717) is 0 Å². The number of hydrogen-bond acceptors (Lipinski definition) is 5. The van der Waals surface area contributed by atoms with Gasteiger partial charge in [0.1, 0.15) is 5.65 Å². The van der Waals surface area contributed by atoms with Crippen molar-refractivity contribution in [1.29, 1.82) is 0 Å². The van der Waals surface area contributed by atoms with Crippen LogP contribution in [0.15, 0.2) is 24.4 Å². The van der Waals surface area contributed by atoms with Crippen LogP contribution in [-0.4, -0.2) is 51.7 Å². The Morgan fingerprint density at radius 1 is 1.43 bits per heavy atom. The van der Waals surface area contributed by atoms with E-state index in [2.05, 4.69) is 38.2 Å². The Kier molecular flexibility index (Phi) is 4.63. The van der Waals surface area contributed by atoms with Crippen molar-refractivity contribution in [2.75, 3.05) is 20.2 Å². The molecule has 0 amide bonds. The average Bonchev–Trinajstić information content (AvgIpc) is 2.98. The van der Waals surface area contributed by atoms with E-state index >= 15 is 0 Å². The summed E-state index contributed by atoms with van der Waals surface area (Å²) in [5, 5.41) is 9.94. The number of pyridine rings is 1. The highest BCUT2D eigenvalue weighted by atomic mass is 16.5. The molecule has 1 N–H and O–H groups in total. The first-order chi connectivity index (χ1) is 11.1. The fourth-order valence-corrected chi connectivity index (χ4v) is 3.24. The van der Waals surface area contributed by atoms with Gasteiger partial charge in [0.15, 0.2) is 6.10 Å². The van der Waals surface area contributed by atoms with Crippen molar-refractivity contribution in [3.63, 3.8) is 0 Å². The molecule has 0 aliphatic carbocycles. The molecule has 0 spiro atoms. The van der Waals surface area contributed by atoms with E-state index in [9.17, 15) is 9.90 Å². The maximum atomic E-state index is 11.4. The monoisotopic (exact) mass is 317 g/mol. The lowest BCUT2D eigenvalue weighted by Gasteiger charge is -2.32. The van der Waals surface area contributed by atoms with Crippen LogP contribution in [0.2, 0.25) is 0 Å². The molecule has 6 heteroatoms. The number of esters is 1. The van der Waals surface area contributed by atoms with E-state index in [1.165, 1.54) is 12.8 Å². The van der Waals surface area contributed by atoms with Crippen LogP contribution >= 0.6 is 0 Å². The summed E-state index contributed by atoms with van der Waals surface area (Å²) in [7, 11) is 1.31. The lowest BCUT2D eigenvalue weighted by Crippen LogP contribution is -2.40. The van der Waals surface area contributed by atoms with Gasteiger partial charge in [0.05, 0.1) is 12.8 Å². The van der Waals surface area contributed by atoms with Crippen LogP contribution in [0.1, 0.15) is 24.2 Å². The number of piperidine rings is 1. The minimum Gasteiger partial charge on any atom is -0.467 e. The topological polar surface area (TPSA) is 67.1 Å². The van der Waals surface area contributed by atoms with Crippen LogP contribution in [0.4, 0.5) is 0 Å². The van der Waals surface area contributed by atoms with E-state index < -0.39 is 12.1 Å². The lowest BCUT2D eigenvalue weighted by atomic mass is 9.91. The molecule has 1 aliphatic rings.